The van der Waals surface area contributed by atoms with Crippen molar-refractivity contribution in [2.45, 2.75) is 64.7 Å². The Morgan fingerprint density at radius 1 is 1.05 bits per heavy atom. The second kappa shape index (κ2) is 7.79. The van der Waals surface area contributed by atoms with Crippen LogP contribution in [-0.2, 0) is 5.41 Å². The highest BCUT2D eigenvalue weighted by Gasteiger charge is 2.33. The molecule has 1 heteroatoms. The summed E-state index contributed by atoms with van der Waals surface area (Å²) in [5.74, 6) is 0. The van der Waals surface area contributed by atoms with Gasteiger partial charge in [-0.2, -0.15) is 11.3 Å². The number of unbranched alkanes of at least 4 members (excludes halogenated alkanes) is 4. The summed E-state index contributed by atoms with van der Waals surface area (Å²) in [6, 6.07) is 2.28. The van der Waals surface area contributed by atoms with Crippen LogP contribution in [0.1, 0.15) is 64.9 Å². The van der Waals surface area contributed by atoms with Crippen LogP contribution in [0.15, 0.2) is 52.3 Å². The van der Waals surface area contributed by atoms with E-state index in [0.29, 0.717) is 0 Å². The quantitative estimate of drug-likeness (QED) is 0.365. The Hall–Kier alpha value is -1.08. The molecule has 0 nitrogen and oxygen atoms in total. The molecule has 0 saturated heterocycles. The van der Waals surface area contributed by atoms with Gasteiger partial charge in [0.15, 0.2) is 0 Å². The molecule has 0 amide bonds. The first-order valence-corrected chi connectivity index (χ1v) is 9.21. The van der Waals surface area contributed by atoms with Crippen LogP contribution < -0.4 is 0 Å². The van der Waals surface area contributed by atoms with Crippen LogP contribution in [0, 0.1) is 0 Å². The van der Waals surface area contributed by atoms with Crippen molar-refractivity contribution in [1.82, 2.24) is 0 Å². The summed E-state index contributed by atoms with van der Waals surface area (Å²) in [6.45, 7) is 6.83. The number of thiophene rings is 1. The van der Waals surface area contributed by atoms with E-state index >= 15 is 0 Å². The van der Waals surface area contributed by atoms with Crippen LogP contribution in [0.2, 0.25) is 0 Å². The van der Waals surface area contributed by atoms with E-state index in [4.69, 9.17) is 0 Å². The SMILES string of the molecule is CCCCCCCC(=C(C)C)C1(c2ccsc2)C=CC=C1. The normalized spacial score (nSPS) is 15.6. The van der Waals surface area contributed by atoms with Gasteiger partial charge in [-0.3, -0.25) is 0 Å². The highest BCUT2D eigenvalue weighted by Crippen LogP contribution is 2.43. The molecule has 0 bridgehead atoms. The lowest BCUT2D eigenvalue weighted by Gasteiger charge is -2.30. The zero-order chi connectivity index (χ0) is 15.1. The monoisotopic (exact) mass is 300 g/mol. The Morgan fingerprint density at radius 2 is 1.76 bits per heavy atom. The molecule has 1 heterocycles. The maximum absolute atomic E-state index is 2.38. The molecule has 0 atom stereocenters. The third kappa shape index (κ3) is 3.77. The second-order valence-corrected chi connectivity index (χ2v) is 7.02. The fraction of sp³-hybridized carbons (Fsp3) is 0.500. The topological polar surface area (TPSA) is 0 Å². The number of rotatable bonds is 8. The van der Waals surface area contributed by atoms with Gasteiger partial charge in [-0.25, -0.2) is 0 Å². The van der Waals surface area contributed by atoms with E-state index in [1.165, 1.54) is 49.7 Å². The van der Waals surface area contributed by atoms with Crippen molar-refractivity contribution < 1.29 is 0 Å². The molecule has 0 spiro atoms. The maximum atomic E-state index is 2.38. The predicted octanol–water partition coefficient (Wildman–Crippen LogP) is 6.81. The van der Waals surface area contributed by atoms with Crippen LogP contribution in [0.4, 0.5) is 0 Å². The van der Waals surface area contributed by atoms with E-state index in [2.05, 4.69) is 61.9 Å². The summed E-state index contributed by atoms with van der Waals surface area (Å²) in [5.41, 5.74) is 4.54. The van der Waals surface area contributed by atoms with E-state index in [0.717, 1.165) is 0 Å². The van der Waals surface area contributed by atoms with Gasteiger partial charge < -0.3 is 0 Å². The summed E-state index contributed by atoms with van der Waals surface area (Å²) in [4.78, 5) is 0. The molecule has 1 aliphatic carbocycles. The minimum absolute atomic E-state index is 0.0313. The highest BCUT2D eigenvalue weighted by molar-refractivity contribution is 7.08. The molecule has 0 fully saturated rings. The minimum atomic E-state index is 0.0313. The summed E-state index contributed by atoms with van der Waals surface area (Å²) in [5, 5.41) is 4.50. The first-order chi connectivity index (χ1) is 10.2. The van der Waals surface area contributed by atoms with Gasteiger partial charge in [0.1, 0.15) is 0 Å². The van der Waals surface area contributed by atoms with Gasteiger partial charge in [-0.05, 0) is 49.1 Å². The largest absolute Gasteiger partial charge is 0.152 e. The second-order valence-electron chi connectivity index (χ2n) is 6.24. The van der Waals surface area contributed by atoms with Crippen molar-refractivity contribution in [1.29, 1.82) is 0 Å². The van der Waals surface area contributed by atoms with Crippen LogP contribution in [0.3, 0.4) is 0 Å². The smallest absolute Gasteiger partial charge is 0.0539 e. The van der Waals surface area contributed by atoms with Crippen LogP contribution in [0.25, 0.3) is 0 Å². The number of allylic oxidation sites excluding steroid dienone is 6. The molecule has 0 saturated carbocycles. The summed E-state index contributed by atoms with van der Waals surface area (Å²) in [6.07, 6.45) is 17.1. The average molecular weight is 301 g/mol. The van der Waals surface area contributed by atoms with Crippen molar-refractivity contribution in [2.75, 3.05) is 0 Å². The molecular formula is C20H28S. The number of hydrogen-bond donors (Lipinski definition) is 0. The molecule has 0 aliphatic heterocycles. The zero-order valence-corrected chi connectivity index (χ0v) is 14.5. The lowest BCUT2D eigenvalue weighted by molar-refractivity contribution is 0.606. The molecule has 0 aromatic carbocycles. The fourth-order valence-electron chi connectivity index (χ4n) is 3.31. The minimum Gasteiger partial charge on any atom is -0.152 e. The average Bonchev–Trinajstić information content (AvgIpc) is 3.13. The molecule has 1 aromatic heterocycles. The van der Waals surface area contributed by atoms with E-state index in [-0.39, 0.29) is 5.41 Å². The van der Waals surface area contributed by atoms with Crippen molar-refractivity contribution in [3.05, 3.63) is 57.8 Å². The predicted molar refractivity (Wildman–Crippen MR) is 96.0 cm³/mol. The van der Waals surface area contributed by atoms with E-state index in [1.807, 2.05) is 0 Å². The molecule has 0 radical (unpaired) electrons. The van der Waals surface area contributed by atoms with E-state index in [1.54, 1.807) is 16.9 Å². The molecule has 2 rings (SSSR count). The summed E-state index contributed by atoms with van der Waals surface area (Å²) in [7, 11) is 0. The summed E-state index contributed by atoms with van der Waals surface area (Å²) < 4.78 is 0. The molecule has 1 aliphatic rings. The van der Waals surface area contributed by atoms with Crippen LogP contribution in [-0.4, -0.2) is 0 Å². The van der Waals surface area contributed by atoms with Gasteiger partial charge in [0.25, 0.3) is 0 Å². The summed E-state index contributed by atoms with van der Waals surface area (Å²) >= 11 is 1.80. The Kier molecular flexibility index (Phi) is 6.05. The third-order valence-corrected chi connectivity index (χ3v) is 5.14. The number of hydrogen-bond acceptors (Lipinski definition) is 1. The van der Waals surface area contributed by atoms with Crippen LogP contribution in [0.5, 0.6) is 0 Å². The Morgan fingerprint density at radius 3 is 2.33 bits per heavy atom. The van der Waals surface area contributed by atoms with E-state index in [9.17, 15) is 0 Å². The molecule has 114 valence electrons. The standard InChI is InChI=1S/C20H28S/c1-4-5-6-7-8-11-19(17(2)3)20(13-9-10-14-20)18-12-15-21-16-18/h9-10,12-16H,4-8,11H2,1-3H3. The zero-order valence-electron chi connectivity index (χ0n) is 13.7. The van der Waals surface area contributed by atoms with Crippen molar-refractivity contribution in [3.8, 4) is 0 Å². The molecule has 21 heavy (non-hydrogen) atoms. The van der Waals surface area contributed by atoms with Gasteiger partial charge in [0.05, 0.1) is 5.41 Å². The third-order valence-electron chi connectivity index (χ3n) is 4.46. The van der Waals surface area contributed by atoms with Crippen molar-refractivity contribution in [3.63, 3.8) is 0 Å². The van der Waals surface area contributed by atoms with Crippen LogP contribution >= 0.6 is 11.3 Å². The van der Waals surface area contributed by atoms with Crippen molar-refractivity contribution in [2.24, 2.45) is 0 Å². The molecule has 0 N–H and O–H groups in total. The molecule has 1 aromatic rings. The van der Waals surface area contributed by atoms with E-state index < -0.39 is 0 Å². The lowest BCUT2D eigenvalue weighted by Crippen LogP contribution is -2.22. The van der Waals surface area contributed by atoms with Gasteiger partial charge >= 0.3 is 0 Å². The highest BCUT2D eigenvalue weighted by atomic mass is 32.1. The maximum Gasteiger partial charge on any atom is 0.0539 e. The fourth-order valence-corrected chi connectivity index (χ4v) is 4.04. The van der Waals surface area contributed by atoms with Gasteiger partial charge in [-0.1, -0.05) is 68.1 Å². The first-order valence-electron chi connectivity index (χ1n) is 8.27. The lowest BCUT2D eigenvalue weighted by atomic mass is 9.73. The first kappa shape index (κ1) is 16.3. The van der Waals surface area contributed by atoms with Gasteiger partial charge in [-0.15, -0.1) is 0 Å². The molecule has 0 unspecified atom stereocenters. The Labute approximate surface area is 134 Å². The van der Waals surface area contributed by atoms with Gasteiger partial charge in [0.2, 0.25) is 0 Å². The molecular weight excluding hydrogens is 272 g/mol. The Balaban J connectivity index is 2.15. The van der Waals surface area contributed by atoms with Gasteiger partial charge in [0, 0.05) is 0 Å². The van der Waals surface area contributed by atoms with Crippen molar-refractivity contribution >= 4 is 11.3 Å². The Bertz CT molecular complexity index is 498.